The normalized spacial score (nSPS) is 12.2. The highest BCUT2D eigenvalue weighted by Crippen LogP contribution is 2.24. The molecular weight excluding hydrogens is 421 g/mol. The molecule has 0 aliphatic rings. The molecule has 0 saturated heterocycles. The fourth-order valence-electron chi connectivity index (χ4n) is 1.26. The van der Waals surface area contributed by atoms with Gasteiger partial charge in [0.1, 0.15) is 6.20 Å². The Morgan fingerprint density at radius 2 is 1.50 bits per heavy atom. The second-order valence-electron chi connectivity index (χ2n) is 3.05. The highest BCUT2D eigenvalue weighted by Gasteiger charge is 2.18. The molecule has 0 spiro atoms. The summed E-state index contributed by atoms with van der Waals surface area (Å²) in [7, 11) is 0. The van der Waals surface area contributed by atoms with E-state index in [-0.39, 0.29) is 24.0 Å². The average Bonchev–Trinajstić information content (AvgIpc) is 2.14. The fourth-order valence-corrected chi connectivity index (χ4v) is 1.79. The van der Waals surface area contributed by atoms with E-state index in [4.69, 9.17) is 0 Å². The summed E-state index contributed by atoms with van der Waals surface area (Å²) in [6.07, 6.45) is 2.22. The van der Waals surface area contributed by atoms with Crippen LogP contribution in [-0.2, 0) is 0 Å². The monoisotopic (exact) mass is 437 g/mol. The van der Waals surface area contributed by atoms with E-state index in [1.807, 2.05) is 0 Å². The smallest absolute Gasteiger partial charge is 0.111 e. The summed E-state index contributed by atoms with van der Waals surface area (Å²) in [4.78, 5) is 0. The van der Waals surface area contributed by atoms with Crippen molar-refractivity contribution < 1.29 is 28.5 Å². The van der Waals surface area contributed by atoms with Gasteiger partial charge in [-0.3, -0.25) is 4.48 Å². The standard InChI is InChI=1S/C10H18Br2N.HI/c1-5-13(6-2,7-3)8-10(12)9(4)11;/h8H,4-7H2,1-3H3;1H/q+1;/p-1. The molecule has 0 radical (unpaired) electrons. The lowest BCUT2D eigenvalue weighted by molar-refractivity contribution is -0.874. The van der Waals surface area contributed by atoms with Gasteiger partial charge in [0, 0.05) is 4.48 Å². The van der Waals surface area contributed by atoms with E-state index < -0.39 is 0 Å². The molecule has 0 rings (SSSR count). The quantitative estimate of drug-likeness (QED) is 0.341. The number of quaternary nitrogens is 1. The van der Waals surface area contributed by atoms with Crippen LogP contribution in [0.3, 0.4) is 0 Å². The summed E-state index contributed by atoms with van der Waals surface area (Å²) in [5, 5.41) is 0. The molecule has 0 aromatic carbocycles. The van der Waals surface area contributed by atoms with Crippen LogP contribution >= 0.6 is 31.9 Å². The lowest BCUT2D eigenvalue weighted by atomic mass is 10.3. The third-order valence-electron chi connectivity index (χ3n) is 2.54. The van der Waals surface area contributed by atoms with Crippen LogP contribution in [0.5, 0.6) is 0 Å². The van der Waals surface area contributed by atoms with Crippen LogP contribution in [0, 0.1) is 0 Å². The number of hydrogen-bond acceptors (Lipinski definition) is 0. The van der Waals surface area contributed by atoms with Gasteiger partial charge in [-0.1, -0.05) is 22.5 Å². The van der Waals surface area contributed by atoms with Gasteiger partial charge < -0.3 is 24.0 Å². The largest absolute Gasteiger partial charge is 1.00 e. The molecule has 0 N–H and O–H groups in total. The van der Waals surface area contributed by atoms with Crippen LogP contribution in [0.1, 0.15) is 20.8 Å². The predicted octanol–water partition coefficient (Wildman–Crippen LogP) is 1.01. The minimum Gasteiger partial charge on any atom is -1.00 e. The van der Waals surface area contributed by atoms with Crippen molar-refractivity contribution in [2.45, 2.75) is 20.8 Å². The van der Waals surface area contributed by atoms with Crippen LogP contribution in [0.4, 0.5) is 0 Å². The van der Waals surface area contributed by atoms with Gasteiger partial charge in [-0.05, 0) is 36.7 Å². The summed E-state index contributed by atoms with van der Waals surface area (Å²) in [6, 6.07) is 0. The molecule has 0 fully saturated rings. The van der Waals surface area contributed by atoms with Crippen LogP contribution in [0.2, 0.25) is 0 Å². The van der Waals surface area contributed by atoms with E-state index in [2.05, 4.69) is 65.4 Å². The summed E-state index contributed by atoms with van der Waals surface area (Å²) < 4.78 is 2.95. The number of rotatable bonds is 5. The zero-order valence-electron chi connectivity index (χ0n) is 8.99. The zero-order chi connectivity index (χ0) is 10.5. The first-order chi connectivity index (χ1) is 6.01. The minimum atomic E-state index is 0. The van der Waals surface area contributed by atoms with E-state index in [0.717, 1.165) is 33.1 Å². The lowest BCUT2D eigenvalue weighted by Crippen LogP contribution is -3.00. The maximum atomic E-state index is 3.83. The van der Waals surface area contributed by atoms with Crippen LogP contribution in [0.25, 0.3) is 0 Å². The summed E-state index contributed by atoms with van der Waals surface area (Å²) in [5.41, 5.74) is 0. The van der Waals surface area contributed by atoms with Gasteiger partial charge in [0.2, 0.25) is 0 Å². The molecule has 0 unspecified atom stereocenters. The molecule has 0 bridgehead atoms. The van der Waals surface area contributed by atoms with Crippen molar-refractivity contribution >= 4 is 31.9 Å². The van der Waals surface area contributed by atoms with Crippen LogP contribution in [0.15, 0.2) is 21.7 Å². The SMILES string of the molecule is C=C(Br)C(Br)=C[N+](CC)(CC)CC.[I-]. The average molecular weight is 439 g/mol. The molecular formula is C10H18Br2IN. The molecule has 0 saturated carbocycles. The van der Waals surface area contributed by atoms with Gasteiger partial charge in [-0.25, -0.2) is 0 Å². The second kappa shape index (κ2) is 8.30. The number of hydrogen-bond donors (Lipinski definition) is 0. The molecule has 14 heavy (non-hydrogen) atoms. The first-order valence-corrected chi connectivity index (χ1v) is 6.18. The molecule has 0 aromatic heterocycles. The Morgan fingerprint density at radius 3 is 1.71 bits per heavy atom. The summed E-state index contributed by atoms with van der Waals surface area (Å²) in [6.45, 7) is 13.8. The molecule has 0 amide bonds. The Labute approximate surface area is 121 Å². The van der Waals surface area contributed by atoms with Gasteiger partial charge in [0.15, 0.2) is 0 Å². The Hall–Kier alpha value is 1.13. The van der Waals surface area contributed by atoms with Gasteiger partial charge >= 0.3 is 0 Å². The van der Waals surface area contributed by atoms with Gasteiger partial charge in [0.05, 0.1) is 24.1 Å². The van der Waals surface area contributed by atoms with Crippen molar-refractivity contribution in [2.24, 2.45) is 0 Å². The van der Waals surface area contributed by atoms with E-state index in [9.17, 15) is 0 Å². The minimum absolute atomic E-state index is 0. The van der Waals surface area contributed by atoms with Gasteiger partial charge in [0.25, 0.3) is 0 Å². The first-order valence-electron chi connectivity index (χ1n) is 4.60. The summed E-state index contributed by atoms with van der Waals surface area (Å²) >= 11 is 6.86. The maximum Gasteiger partial charge on any atom is 0.111 e. The highest BCUT2D eigenvalue weighted by atomic mass is 127. The molecule has 84 valence electrons. The lowest BCUT2D eigenvalue weighted by Gasteiger charge is -2.31. The number of nitrogens with zero attached hydrogens (tertiary/aromatic N) is 1. The topological polar surface area (TPSA) is 0 Å². The Kier molecular flexibility index (Phi) is 10.4. The first kappa shape index (κ1) is 17.5. The predicted molar refractivity (Wildman–Crippen MR) is 67.0 cm³/mol. The molecule has 0 heterocycles. The van der Waals surface area contributed by atoms with Gasteiger partial charge in [-0.2, -0.15) is 0 Å². The highest BCUT2D eigenvalue weighted by molar-refractivity contribution is 9.15. The van der Waals surface area contributed by atoms with Crippen LogP contribution in [-0.4, -0.2) is 24.1 Å². The summed E-state index contributed by atoms with van der Waals surface area (Å²) in [5.74, 6) is 0. The Balaban J connectivity index is 0. The fraction of sp³-hybridized carbons (Fsp3) is 0.600. The van der Waals surface area contributed by atoms with E-state index >= 15 is 0 Å². The molecule has 4 heteroatoms. The molecule has 0 aromatic rings. The van der Waals surface area contributed by atoms with Crippen molar-refractivity contribution in [3.8, 4) is 0 Å². The van der Waals surface area contributed by atoms with Crippen LogP contribution < -0.4 is 24.0 Å². The molecule has 0 atom stereocenters. The van der Waals surface area contributed by atoms with Crippen molar-refractivity contribution in [3.63, 3.8) is 0 Å². The third kappa shape index (κ3) is 5.28. The van der Waals surface area contributed by atoms with E-state index in [1.54, 1.807) is 0 Å². The number of allylic oxidation sites excluding steroid dienone is 2. The second-order valence-corrected chi connectivity index (χ2v) is 4.86. The van der Waals surface area contributed by atoms with Crippen molar-refractivity contribution in [1.82, 2.24) is 0 Å². The number of halogens is 3. The Bertz CT molecular complexity index is 202. The van der Waals surface area contributed by atoms with Crippen molar-refractivity contribution in [2.75, 3.05) is 19.6 Å². The van der Waals surface area contributed by atoms with E-state index in [0.29, 0.717) is 0 Å². The third-order valence-corrected chi connectivity index (χ3v) is 4.18. The maximum absolute atomic E-state index is 3.83. The molecule has 0 aliphatic carbocycles. The zero-order valence-corrected chi connectivity index (χ0v) is 14.3. The van der Waals surface area contributed by atoms with Crippen molar-refractivity contribution in [1.29, 1.82) is 0 Å². The molecule has 0 aliphatic heterocycles. The molecule has 1 nitrogen and oxygen atoms in total. The Morgan fingerprint density at radius 1 is 1.14 bits per heavy atom. The van der Waals surface area contributed by atoms with Gasteiger partial charge in [-0.15, -0.1) is 0 Å². The van der Waals surface area contributed by atoms with E-state index in [1.165, 1.54) is 0 Å². The van der Waals surface area contributed by atoms with Crippen molar-refractivity contribution in [3.05, 3.63) is 21.7 Å².